The van der Waals surface area contributed by atoms with E-state index in [1.807, 2.05) is 30.3 Å². The van der Waals surface area contributed by atoms with Crippen LogP contribution in [-0.2, 0) is 6.61 Å². The summed E-state index contributed by atoms with van der Waals surface area (Å²) in [6.45, 7) is 0.0984. The van der Waals surface area contributed by atoms with Crippen molar-refractivity contribution in [1.82, 2.24) is 9.78 Å². The van der Waals surface area contributed by atoms with E-state index in [1.165, 1.54) is 28.9 Å². The predicted molar refractivity (Wildman–Crippen MR) is 135 cm³/mol. The van der Waals surface area contributed by atoms with Crippen molar-refractivity contribution in [2.24, 2.45) is 0 Å². The number of ether oxygens (including phenoxy) is 2. The van der Waals surface area contributed by atoms with Crippen LogP contribution in [0, 0.1) is 11.6 Å². The standard InChI is InChI=1S/C29H21F2N3O3/c30-21-8-6-20(7-9-21)19-36-27-18-34(24-14-10-22(31)11-15-24)33-28(27)29(35)32-23-12-16-26(17-13-23)37-25-4-2-1-3-5-25/h1-18H,19H2,(H,32,35). The van der Waals surface area contributed by atoms with E-state index in [0.717, 1.165) is 5.56 Å². The minimum Gasteiger partial charge on any atom is -0.485 e. The maximum absolute atomic E-state index is 13.4. The molecule has 0 saturated heterocycles. The van der Waals surface area contributed by atoms with Crippen LogP contribution in [0.25, 0.3) is 5.69 Å². The van der Waals surface area contributed by atoms with Gasteiger partial charge in [0.15, 0.2) is 11.4 Å². The number of hydrogen-bond donors (Lipinski definition) is 1. The van der Waals surface area contributed by atoms with Crippen LogP contribution >= 0.6 is 0 Å². The molecule has 0 saturated carbocycles. The van der Waals surface area contributed by atoms with Gasteiger partial charge in [0.2, 0.25) is 0 Å². The first-order chi connectivity index (χ1) is 18.0. The topological polar surface area (TPSA) is 65.4 Å². The quantitative estimate of drug-likeness (QED) is 0.257. The molecule has 0 radical (unpaired) electrons. The van der Waals surface area contributed by atoms with Gasteiger partial charge in [-0.25, -0.2) is 13.5 Å². The van der Waals surface area contributed by atoms with Crippen LogP contribution in [0.3, 0.4) is 0 Å². The van der Waals surface area contributed by atoms with E-state index >= 15 is 0 Å². The van der Waals surface area contributed by atoms with Gasteiger partial charge in [-0.3, -0.25) is 4.79 Å². The van der Waals surface area contributed by atoms with Gasteiger partial charge in [0.25, 0.3) is 5.91 Å². The predicted octanol–water partition coefficient (Wildman–Crippen LogP) is 6.77. The summed E-state index contributed by atoms with van der Waals surface area (Å²) in [5, 5.41) is 7.19. The smallest absolute Gasteiger partial charge is 0.280 e. The first kappa shape index (κ1) is 23.7. The van der Waals surface area contributed by atoms with E-state index in [9.17, 15) is 13.6 Å². The molecule has 184 valence electrons. The Morgan fingerprint density at radius 3 is 2.08 bits per heavy atom. The van der Waals surface area contributed by atoms with Crippen LogP contribution in [0.4, 0.5) is 14.5 Å². The number of nitrogens with zero attached hydrogens (tertiary/aromatic N) is 2. The van der Waals surface area contributed by atoms with Gasteiger partial charge < -0.3 is 14.8 Å². The van der Waals surface area contributed by atoms with Crippen LogP contribution in [0.2, 0.25) is 0 Å². The summed E-state index contributed by atoms with van der Waals surface area (Å²) in [6, 6.07) is 27.8. The molecule has 0 aliphatic heterocycles. The molecule has 5 rings (SSSR count). The fourth-order valence-corrected chi connectivity index (χ4v) is 3.51. The first-order valence-corrected chi connectivity index (χ1v) is 11.4. The Morgan fingerprint density at radius 1 is 0.784 bits per heavy atom. The Balaban J connectivity index is 1.35. The zero-order valence-electron chi connectivity index (χ0n) is 19.5. The monoisotopic (exact) mass is 497 g/mol. The lowest BCUT2D eigenvalue weighted by atomic mass is 10.2. The number of para-hydroxylation sites is 1. The molecule has 1 amide bonds. The summed E-state index contributed by atoms with van der Waals surface area (Å²) in [5.41, 5.74) is 1.84. The van der Waals surface area contributed by atoms with E-state index in [4.69, 9.17) is 9.47 Å². The van der Waals surface area contributed by atoms with Gasteiger partial charge in [-0.1, -0.05) is 30.3 Å². The van der Waals surface area contributed by atoms with Crippen molar-refractivity contribution in [2.75, 3.05) is 5.32 Å². The number of carbonyl (C=O) groups excluding carboxylic acids is 1. The second-order valence-electron chi connectivity index (χ2n) is 8.07. The molecule has 1 N–H and O–H groups in total. The summed E-state index contributed by atoms with van der Waals surface area (Å²) in [4.78, 5) is 13.2. The molecular formula is C29H21F2N3O3. The molecule has 37 heavy (non-hydrogen) atoms. The van der Waals surface area contributed by atoms with E-state index in [1.54, 1.807) is 54.7 Å². The number of nitrogens with one attached hydrogen (secondary N) is 1. The molecule has 5 aromatic rings. The molecular weight excluding hydrogens is 476 g/mol. The van der Waals surface area contributed by atoms with E-state index in [0.29, 0.717) is 22.9 Å². The molecule has 0 aliphatic rings. The average molecular weight is 498 g/mol. The summed E-state index contributed by atoms with van der Waals surface area (Å²) in [7, 11) is 0. The van der Waals surface area contributed by atoms with Crippen molar-refractivity contribution in [1.29, 1.82) is 0 Å². The maximum Gasteiger partial charge on any atom is 0.280 e. The fourth-order valence-electron chi connectivity index (χ4n) is 3.51. The van der Waals surface area contributed by atoms with Crippen molar-refractivity contribution in [3.05, 3.63) is 132 Å². The number of benzene rings is 4. The molecule has 8 heteroatoms. The number of rotatable bonds is 8. The lowest BCUT2D eigenvalue weighted by Gasteiger charge is -2.09. The summed E-state index contributed by atoms with van der Waals surface area (Å²) in [6.07, 6.45) is 1.54. The number of anilines is 1. The lowest BCUT2D eigenvalue weighted by molar-refractivity contribution is 0.101. The Hall–Kier alpha value is -4.98. The van der Waals surface area contributed by atoms with Crippen LogP contribution in [0.1, 0.15) is 16.1 Å². The highest BCUT2D eigenvalue weighted by atomic mass is 19.1. The minimum absolute atomic E-state index is 0.0380. The zero-order valence-corrected chi connectivity index (χ0v) is 19.5. The van der Waals surface area contributed by atoms with Crippen LogP contribution in [0.15, 0.2) is 109 Å². The zero-order chi connectivity index (χ0) is 25.6. The van der Waals surface area contributed by atoms with Crippen LogP contribution in [-0.4, -0.2) is 15.7 Å². The van der Waals surface area contributed by atoms with E-state index in [-0.39, 0.29) is 29.7 Å². The third-order valence-corrected chi connectivity index (χ3v) is 5.39. The number of hydrogen-bond acceptors (Lipinski definition) is 4. The Morgan fingerprint density at radius 2 is 1.41 bits per heavy atom. The SMILES string of the molecule is O=C(Nc1ccc(Oc2ccccc2)cc1)c1nn(-c2ccc(F)cc2)cc1OCc1ccc(F)cc1. The maximum atomic E-state index is 13.4. The van der Waals surface area contributed by atoms with Gasteiger partial charge in [0.05, 0.1) is 11.9 Å². The molecule has 0 unspecified atom stereocenters. The highest BCUT2D eigenvalue weighted by Crippen LogP contribution is 2.25. The molecule has 0 spiro atoms. The summed E-state index contributed by atoms with van der Waals surface area (Å²) >= 11 is 0. The highest BCUT2D eigenvalue weighted by molar-refractivity contribution is 6.04. The fraction of sp³-hybridized carbons (Fsp3) is 0.0345. The molecule has 1 aromatic heterocycles. The van der Waals surface area contributed by atoms with Crippen molar-refractivity contribution in [3.63, 3.8) is 0 Å². The Bertz CT molecular complexity index is 1480. The molecule has 4 aromatic carbocycles. The molecule has 0 fully saturated rings. The number of carbonyl (C=O) groups is 1. The second-order valence-corrected chi connectivity index (χ2v) is 8.07. The molecule has 0 bridgehead atoms. The third kappa shape index (κ3) is 5.99. The molecule has 0 aliphatic carbocycles. The van der Waals surface area contributed by atoms with Gasteiger partial charge in [-0.15, -0.1) is 0 Å². The summed E-state index contributed by atoms with van der Waals surface area (Å²) in [5.74, 6) is 0.304. The summed E-state index contributed by atoms with van der Waals surface area (Å²) < 4.78 is 39.7. The van der Waals surface area contributed by atoms with Crippen molar-refractivity contribution >= 4 is 11.6 Å². The van der Waals surface area contributed by atoms with Gasteiger partial charge >= 0.3 is 0 Å². The number of amides is 1. The largest absolute Gasteiger partial charge is 0.485 e. The van der Waals surface area contributed by atoms with Gasteiger partial charge in [0, 0.05) is 5.69 Å². The normalized spacial score (nSPS) is 10.6. The highest BCUT2D eigenvalue weighted by Gasteiger charge is 2.20. The van der Waals surface area contributed by atoms with Gasteiger partial charge in [-0.05, 0) is 78.4 Å². The molecule has 6 nitrogen and oxygen atoms in total. The Labute approximate surface area is 211 Å². The van der Waals surface area contributed by atoms with E-state index < -0.39 is 5.91 Å². The minimum atomic E-state index is -0.494. The average Bonchev–Trinajstić information content (AvgIpc) is 3.35. The first-order valence-electron chi connectivity index (χ1n) is 11.4. The number of halogens is 2. The van der Waals surface area contributed by atoms with Crippen molar-refractivity contribution in [3.8, 4) is 22.9 Å². The van der Waals surface area contributed by atoms with Crippen LogP contribution < -0.4 is 14.8 Å². The van der Waals surface area contributed by atoms with Crippen molar-refractivity contribution < 1.29 is 23.0 Å². The van der Waals surface area contributed by atoms with Crippen molar-refractivity contribution in [2.45, 2.75) is 6.61 Å². The molecule has 1 heterocycles. The Kier molecular flexibility index (Phi) is 6.89. The van der Waals surface area contributed by atoms with E-state index in [2.05, 4.69) is 10.4 Å². The third-order valence-electron chi connectivity index (χ3n) is 5.39. The second kappa shape index (κ2) is 10.7. The van der Waals surface area contributed by atoms with Crippen LogP contribution in [0.5, 0.6) is 17.2 Å². The van der Waals surface area contributed by atoms with Gasteiger partial charge in [-0.2, -0.15) is 5.10 Å². The lowest BCUT2D eigenvalue weighted by Crippen LogP contribution is -2.14. The number of aromatic nitrogens is 2. The molecule has 0 atom stereocenters. The van der Waals surface area contributed by atoms with Gasteiger partial charge in [0.1, 0.15) is 29.7 Å².